The van der Waals surface area contributed by atoms with Crippen molar-refractivity contribution in [1.29, 1.82) is 0 Å². The highest BCUT2D eigenvalue weighted by atomic mass is 35.5. The smallest absolute Gasteiger partial charge is 0.142 e. The van der Waals surface area contributed by atoms with E-state index in [1.54, 1.807) is 7.11 Å². The zero-order chi connectivity index (χ0) is 15.4. The molecule has 21 heavy (non-hydrogen) atoms. The van der Waals surface area contributed by atoms with E-state index in [9.17, 15) is 4.39 Å². The molecule has 0 bridgehead atoms. The van der Waals surface area contributed by atoms with Crippen LogP contribution in [-0.2, 0) is 6.54 Å². The second kappa shape index (κ2) is 7.12. The molecule has 0 fully saturated rings. The van der Waals surface area contributed by atoms with Gasteiger partial charge in [0.15, 0.2) is 0 Å². The lowest BCUT2D eigenvalue weighted by Crippen LogP contribution is -2.18. The quantitative estimate of drug-likeness (QED) is 0.781. The van der Waals surface area contributed by atoms with Crippen LogP contribution in [0.2, 0.25) is 10.0 Å². The average Bonchev–Trinajstić information content (AvgIpc) is 2.49. The Labute approximate surface area is 133 Å². The minimum absolute atomic E-state index is 0.0334. The SMILES string of the molecule is COc1ccc(CNC(C)c2cc(F)c(Cl)cc2Cl)cc1. The van der Waals surface area contributed by atoms with Crippen molar-refractivity contribution in [1.82, 2.24) is 5.32 Å². The lowest BCUT2D eigenvalue weighted by molar-refractivity contribution is 0.414. The number of halogens is 3. The Morgan fingerprint density at radius 1 is 1.14 bits per heavy atom. The lowest BCUT2D eigenvalue weighted by atomic mass is 10.1. The first-order valence-electron chi connectivity index (χ1n) is 6.52. The van der Waals surface area contributed by atoms with Gasteiger partial charge >= 0.3 is 0 Å². The van der Waals surface area contributed by atoms with Gasteiger partial charge in [0.25, 0.3) is 0 Å². The molecule has 1 N–H and O–H groups in total. The van der Waals surface area contributed by atoms with Crippen LogP contribution in [0.5, 0.6) is 5.75 Å². The molecule has 0 aliphatic heterocycles. The highest BCUT2D eigenvalue weighted by molar-refractivity contribution is 6.35. The van der Waals surface area contributed by atoms with Crippen LogP contribution in [0.1, 0.15) is 24.1 Å². The van der Waals surface area contributed by atoms with Crippen LogP contribution >= 0.6 is 23.2 Å². The molecule has 0 aromatic heterocycles. The van der Waals surface area contributed by atoms with E-state index in [0.29, 0.717) is 17.1 Å². The largest absolute Gasteiger partial charge is 0.497 e. The molecule has 5 heteroatoms. The summed E-state index contributed by atoms with van der Waals surface area (Å²) in [5.41, 5.74) is 1.79. The van der Waals surface area contributed by atoms with Gasteiger partial charge in [-0.2, -0.15) is 0 Å². The van der Waals surface area contributed by atoms with Crippen LogP contribution in [0.3, 0.4) is 0 Å². The molecule has 0 aliphatic carbocycles. The fraction of sp³-hybridized carbons (Fsp3) is 0.250. The van der Waals surface area contributed by atoms with Crippen molar-refractivity contribution in [2.75, 3.05) is 7.11 Å². The van der Waals surface area contributed by atoms with Crippen LogP contribution in [0.15, 0.2) is 36.4 Å². The maximum absolute atomic E-state index is 13.5. The van der Waals surface area contributed by atoms with E-state index in [2.05, 4.69) is 5.32 Å². The van der Waals surface area contributed by atoms with Gasteiger partial charge in [-0.15, -0.1) is 0 Å². The second-order valence-corrected chi connectivity index (χ2v) is 5.55. The van der Waals surface area contributed by atoms with Gasteiger partial charge in [-0.05, 0) is 42.3 Å². The number of hydrogen-bond donors (Lipinski definition) is 1. The Balaban J connectivity index is 2.04. The highest BCUT2D eigenvalue weighted by Gasteiger charge is 2.13. The molecule has 2 nitrogen and oxygen atoms in total. The van der Waals surface area contributed by atoms with Crippen molar-refractivity contribution in [3.05, 3.63) is 63.4 Å². The minimum atomic E-state index is -0.464. The summed E-state index contributed by atoms with van der Waals surface area (Å²) in [6.45, 7) is 2.57. The summed E-state index contributed by atoms with van der Waals surface area (Å²) in [6, 6.07) is 10.5. The molecule has 1 unspecified atom stereocenters. The molecular formula is C16H16Cl2FNO. The first kappa shape index (κ1) is 16.1. The van der Waals surface area contributed by atoms with E-state index in [1.165, 1.54) is 12.1 Å². The molecule has 2 aromatic carbocycles. The van der Waals surface area contributed by atoms with Gasteiger partial charge in [0.1, 0.15) is 11.6 Å². The Morgan fingerprint density at radius 2 is 1.81 bits per heavy atom. The number of methoxy groups -OCH3 is 1. The third kappa shape index (κ3) is 4.10. The molecular weight excluding hydrogens is 312 g/mol. The standard InChI is InChI=1S/C16H16Cl2FNO/c1-10(13-7-16(19)15(18)8-14(13)17)20-9-11-3-5-12(21-2)6-4-11/h3-8,10,20H,9H2,1-2H3. The summed E-state index contributed by atoms with van der Waals surface area (Å²) in [6.07, 6.45) is 0. The van der Waals surface area contributed by atoms with Crippen LogP contribution < -0.4 is 10.1 Å². The van der Waals surface area contributed by atoms with Crippen molar-refractivity contribution in [2.24, 2.45) is 0 Å². The molecule has 1 atom stereocenters. The Hall–Kier alpha value is -1.29. The highest BCUT2D eigenvalue weighted by Crippen LogP contribution is 2.28. The van der Waals surface area contributed by atoms with Crippen molar-refractivity contribution in [3.63, 3.8) is 0 Å². The lowest BCUT2D eigenvalue weighted by Gasteiger charge is -2.16. The fourth-order valence-corrected chi connectivity index (χ4v) is 2.54. The van der Waals surface area contributed by atoms with Crippen molar-refractivity contribution in [3.8, 4) is 5.75 Å². The monoisotopic (exact) mass is 327 g/mol. The topological polar surface area (TPSA) is 21.3 Å². The summed E-state index contributed by atoms with van der Waals surface area (Å²) >= 11 is 11.8. The predicted octanol–water partition coefficient (Wildman–Crippen LogP) is 4.99. The Kier molecular flexibility index (Phi) is 5.45. The molecule has 0 heterocycles. The van der Waals surface area contributed by atoms with Gasteiger partial charge in [0, 0.05) is 17.6 Å². The Morgan fingerprint density at radius 3 is 2.43 bits per heavy atom. The molecule has 0 saturated carbocycles. The number of benzene rings is 2. The second-order valence-electron chi connectivity index (χ2n) is 4.74. The predicted molar refractivity (Wildman–Crippen MR) is 84.7 cm³/mol. The molecule has 0 aliphatic rings. The molecule has 0 amide bonds. The van der Waals surface area contributed by atoms with E-state index in [4.69, 9.17) is 27.9 Å². The summed E-state index contributed by atoms with van der Waals surface area (Å²) in [4.78, 5) is 0. The summed E-state index contributed by atoms with van der Waals surface area (Å²) < 4.78 is 18.6. The number of hydrogen-bond acceptors (Lipinski definition) is 2. The van der Waals surface area contributed by atoms with E-state index in [-0.39, 0.29) is 11.1 Å². The van der Waals surface area contributed by atoms with Gasteiger partial charge in [-0.1, -0.05) is 35.3 Å². The minimum Gasteiger partial charge on any atom is -0.497 e. The van der Waals surface area contributed by atoms with Crippen LogP contribution in [-0.4, -0.2) is 7.11 Å². The van der Waals surface area contributed by atoms with Gasteiger partial charge in [0.2, 0.25) is 0 Å². The Bertz CT molecular complexity index is 616. The first-order chi connectivity index (χ1) is 10.0. The maximum Gasteiger partial charge on any atom is 0.142 e. The maximum atomic E-state index is 13.5. The number of ether oxygens (including phenoxy) is 1. The molecule has 0 radical (unpaired) electrons. The number of nitrogens with one attached hydrogen (secondary N) is 1. The van der Waals surface area contributed by atoms with E-state index < -0.39 is 5.82 Å². The molecule has 0 spiro atoms. The summed E-state index contributed by atoms with van der Waals surface area (Å²) in [5.74, 6) is 0.351. The van der Waals surface area contributed by atoms with E-state index in [1.807, 2.05) is 31.2 Å². The zero-order valence-corrected chi connectivity index (χ0v) is 13.3. The van der Waals surface area contributed by atoms with Crippen LogP contribution in [0.4, 0.5) is 4.39 Å². The van der Waals surface area contributed by atoms with Gasteiger partial charge in [-0.3, -0.25) is 0 Å². The van der Waals surface area contributed by atoms with Crippen molar-refractivity contribution in [2.45, 2.75) is 19.5 Å². The third-order valence-corrected chi connectivity index (χ3v) is 3.89. The average molecular weight is 328 g/mol. The molecule has 0 saturated heterocycles. The van der Waals surface area contributed by atoms with Crippen LogP contribution in [0.25, 0.3) is 0 Å². The summed E-state index contributed by atoms with van der Waals surface area (Å²) in [5, 5.41) is 3.79. The van der Waals surface area contributed by atoms with Gasteiger partial charge in [0.05, 0.1) is 12.1 Å². The van der Waals surface area contributed by atoms with E-state index in [0.717, 1.165) is 11.3 Å². The zero-order valence-electron chi connectivity index (χ0n) is 11.8. The fourth-order valence-electron chi connectivity index (χ4n) is 1.99. The molecule has 112 valence electrons. The molecule has 2 aromatic rings. The van der Waals surface area contributed by atoms with E-state index >= 15 is 0 Å². The van der Waals surface area contributed by atoms with Gasteiger partial charge in [-0.25, -0.2) is 4.39 Å². The van der Waals surface area contributed by atoms with Gasteiger partial charge < -0.3 is 10.1 Å². The third-order valence-electron chi connectivity index (χ3n) is 3.28. The van der Waals surface area contributed by atoms with Crippen molar-refractivity contribution < 1.29 is 9.13 Å². The van der Waals surface area contributed by atoms with Crippen molar-refractivity contribution >= 4 is 23.2 Å². The summed E-state index contributed by atoms with van der Waals surface area (Å²) in [7, 11) is 1.63. The molecule has 2 rings (SSSR count). The normalized spacial score (nSPS) is 12.2. The first-order valence-corrected chi connectivity index (χ1v) is 7.27. The number of rotatable bonds is 5. The van der Waals surface area contributed by atoms with Crippen LogP contribution in [0, 0.1) is 5.82 Å².